The van der Waals surface area contributed by atoms with Gasteiger partial charge in [0, 0.05) is 23.5 Å². The van der Waals surface area contributed by atoms with E-state index < -0.39 is 17.2 Å². The first-order valence-corrected chi connectivity index (χ1v) is 9.16. The summed E-state index contributed by atoms with van der Waals surface area (Å²) < 4.78 is 33.6. The van der Waals surface area contributed by atoms with Crippen LogP contribution in [-0.2, 0) is 24.4 Å². The summed E-state index contributed by atoms with van der Waals surface area (Å²) in [5.41, 5.74) is 2.20. The van der Waals surface area contributed by atoms with E-state index >= 15 is 0 Å². The van der Waals surface area contributed by atoms with Gasteiger partial charge in [-0.1, -0.05) is 23.7 Å². The molecule has 148 valence electrons. The highest BCUT2D eigenvalue weighted by atomic mass is 35.5. The molecule has 1 N–H and O–H groups in total. The quantitative estimate of drug-likeness (QED) is 0.686. The molecule has 0 unspecified atom stereocenters. The third-order valence-electron chi connectivity index (χ3n) is 4.62. The van der Waals surface area contributed by atoms with Crippen LogP contribution in [-0.4, -0.2) is 10.5 Å². The van der Waals surface area contributed by atoms with Crippen molar-refractivity contribution in [2.45, 2.75) is 19.6 Å². The maximum Gasteiger partial charge on any atom is 0.273 e. The molecule has 1 amide bonds. The molecule has 3 aromatic rings. The number of aromatic nitrogens is 1. The van der Waals surface area contributed by atoms with Crippen molar-refractivity contribution in [3.05, 3.63) is 92.4 Å². The van der Waals surface area contributed by atoms with Crippen LogP contribution >= 0.6 is 11.6 Å². The normalized spacial score (nSPS) is 12.6. The summed E-state index contributed by atoms with van der Waals surface area (Å²) in [6, 6.07) is 10.2. The number of nitrogens with zero attached hydrogens (tertiary/aromatic N) is 1. The van der Waals surface area contributed by atoms with Crippen LogP contribution in [0.1, 0.15) is 16.7 Å². The Morgan fingerprint density at radius 1 is 1.10 bits per heavy atom. The molecule has 1 aliphatic heterocycles. The fourth-order valence-corrected chi connectivity index (χ4v) is 3.36. The number of fused-ring (bicyclic) bond motifs is 1. The van der Waals surface area contributed by atoms with Gasteiger partial charge in [0.05, 0.1) is 13.0 Å². The summed E-state index contributed by atoms with van der Waals surface area (Å²) >= 11 is 6.14. The number of halogens is 3. The second kappa shape index (κ2) is 7.67. The second-order valence-corrected chi connectivity index (χ2v) is 7.05. The van der Waals surface area contributed by atoms with Gasteiger partial charge in [-0.05, 0) is 35.4 Å². The monoisotopic (exact) mass is 416 g/mol. The zero-order chi connectivity index (χ0) is 20.5. The highest BCUT2D eigenvalue weighted by Crippen LogP contribution is 2.25. The second-order valence-electron chi connectivity index (χ2n) is 6.67. The molecular weight excluding hydrogens is 402 g/mol. The van der Waals surface area contributed by atoms with E-state index in [0.29, 0.717) is 6.42 Å². The fraction of sp³-hybridized carbons (Fsp3) is 0.143. The Kier molecular flexibility index (Phi) is 5.07. The number of amides is 1. The molecule has 2 aromatic carbocycles. The standard InChI is InChI=1S/C21H15ClF2N2O3/c22-20-18(29-11-13-2-3-15(23)9-16(13)24)5-6-26(21(20)28)10-12-1-4-17-14(7-12)8-19(27)25-17/h1-7,9H,8,10-11H2,(H,25,27). The molecule has 1 aliphatic rings. The molecule has 5 nitrogen and oxygen atoms in total. The number of benzene rings is 2. The van der Waals surface area contributed by atoms with Gasteiger partial charge in [-0.25, -0.2) is 8.78 Å². The first-order valence-electron chi connectivity index (χ1n) is 8.78. The van der Waals surface area contributed by atoms with Crippen LogP contribution in [0.15, 0.2) is 53.5 Å². The molecule has 29 heavy (non-hydrogen) atoms. The zero-order valence-corrected chi connectivity index (χ0v) is 15.8. The Morgan fingerprint density at radius 2 is 1.93 bits per heavy atom. The average molecular weight is 417 g/mol. The summed E-state index contributed by atoms with van der Waals surface area (Å²) in [6.45, 7) is 0.0774. The van der Waals surface area contributed by atoms with Gasteiger partial charge >= 0.3 is 0 Å². The first-order chi connectivity index (χ1) is 13.9. The topological polar surface area (TPSA) is 60.3 Å². The van der Waals surface area contributed by atoms with E-state index in [4.69, 9.17) is 16.3 Å². The number of ether oxygens (including phenoxy) is 1. The third-order valence-corrected chi connectivity index (χ3v) is 4.96. The minimum absolute atomic E-state index is 0.0588. The number of hydrogen-bond donors (Lipinski definition) is 1. The molecule has 0 spiro atoms. The average Bonchev–Trinajstić information content (AvgIpc) is 3.05. The lowest BCUT2D eigenvalue weighted by Crippen LogP contribution is -2.21. The van der Waals surface area contributed by atoms with Crippen LogP contribution in [0.25, 0.3) is 0 Å². The first kappa shape index (κ1) is 19.1. The molecule has 0 fully saturated rings. The summed E-state index contributed by atoms with van der Waals surface area (Å²) in [4.78, 5) is 24.0. The van der Waals surface area contributed by atoms with Crippen LogP contribution in [0.5, 0.6) is 5.75 Å². The highest BCUT2D eigenvalue weighted by molar-refractivity contribution is 6.31. The molecule has 0 bridgehead atoms. The summed E-state index contributed by atoms with van der Waals surface area (Å²) in [5.74, 6) is -1.37. The Bertz CT molecular complexity index is 1180. The molecule has 2 heterocycles. The maximum absolute atomic E-state index is 13.7. The SMILES string of the molecule is O=C1Cc2cc(Cn3ccc(OCc4ccc(F)cc4F)c(Cl)c3=O)ccc2N1. The smallest absolute Gasteiger partial charge is 0.273 e. The number of anilines is 1. The number of hydrogen-bond acceptors (Lipinski definition) is 3. The molecular formula is C21H15ClF2N2O3. The number of carbonyl (C=O) groups excluding carboxylic acids is 1. The number of nitrogens with one attached hydrogen (secondary N) is 1. The van der Waals surface area contributed by atoms with E-state index in [-0.39, 0.29) is 35.4 Å². The van der Waals surface area contributed by atoms with E-state index in [2.05, 4.69) is 5.32 Å². The molecule has 4 rings (SSSR count). The Morgan fingerprint density at radius 3 is 2.72 bits per heavy atom. The van der Waals surface area contributed by atoms with Crippen LogP contribution in [0.3, 0.4) is 0 Å². The van der Waals surface area contributed by atoms with Gasteiger partial charge in [0.15, 0.2) is 0 Å². The van der Waals surface area contributed by atoms with Gasteiger partial charge in [0.25, 0.3) is 5.56 Å². The lowest BCUT2D eigenvalue weighted by atomic mass is 10.1. The summed E-state index contributed by atoms with van der Waals surface area (Å²) in [5, 5.41) is 2.63. The Balaban J connectivity index is 1.51. The van der Waals surface area contributed by atoms with Crippen LogP contribution in [0, 0.1) is 11.6 Å². The van der Waals surface area contributed by atoms with Crippen LogP contribution < -0.4 is 15.6 Å². The minimum atomic E-state index is -0.737. The van der Waals surface area contributed by atoms with Crippen LogP contribution in [0.4, 0.5) is 14.5 Å². The lowest BCUT2D eigenvalue weighted by Gasteiger charge is -2.12. The van der Waals surface area contributed by atoms with Gasteiger partial charge in [-0.3, -0.25) is 9.59 Å². The molecule has 0 aliphatic carbocycles. The Labute approximate surface area is 169 Å². The lowest BCUT2D eigenvalue weighted by molar-refractivity contribution is -0.115. The van der Waals surface area contributed by atoms with Crippen molar-refractivity contribution in [1.29, 1.82) is 0 Å². The van der Waals surface area contributed by atoms with Gasteiger partial charge in [0.2, 0.25) is 5.91 Å². The van der Waals surface area contributed by atoms with E-state index in [9.17, 15) is 18.4 Å². The van der Waals surface area contributed by atoms with Crippen molar-refractivity contribution >= 4 is 23.2 Å². The van der Waals surface area contributed by atoms with Crippen LogP contribution in [0.2, 0.25) is 5.02 Å². The zero-order valence-electron chi connectivity index (χ0n) is 15.0. The molecule has 0 radical (unpaired) electrons. The predicted molar refractivity (Wildman–Crippen MR) is 104 cm³/mol. The van der Waals surface area contributed by atoms with Crippen molar-refractivity contribution in [3.63, 3.8) is 0 Å². The third kappa shape index (κ3) is 4.00. The van der Waals surface area contributed by atoms with E-state index in [1.807, 2.05) is 12.1 Å². The van der Waals surface area contributed by atoms with Crippen molar-refractivity contribution in [2.75, 3.05) is 5.32 Å². The molecule has 0 saturated heterocycles. The molecule has 0 saturated carbocycles. The summed E-state index contributed by atoms with van der Waals surface area (Å²) in [6.07, 6.45) is 1.84. The van der Waals surface area contributed by atoms with Gasteiger partial charge in [0.1, 0.15) is 29.0 Å². The van der Waals surface area contributed by atoms with E-state index in [1.165, 1.54) is 22.9 Å². The largest absolute Gasteiger partial charge is 0.487 e. The maximum atomic E-state index is 13.7. The molecule has 8 heteroatoms. The number of rotatable bonds is 5. The Hall–Kier alpha value is -3.19. The highest BCUT2D eigenvalue weighted by Gasteiger charge is 2.18. The van der Waals surface area contributed by atoms with Crippen molar-refractivity contribution in [1.82, 2.24) is 4.57 Å². The number of carbonyl (C=O) groups is 1. The fourth-order valence-electron chi connectivity index (χ4n) is 3.14. The molecule has 0 atom stereocenters. The van der Waals surface area contributed by atoms with E-state index in [1.54, 1.807) is 6.07 Å². The predicted octanol–water partition coefficient (Wildman–Crippen LogP) is 3.90. The van der Waals surface area contributed by atoms with Gasteiger partial charge < -0.3 is 14.6 Å². The molecule has 1 aromatic heterocycles. The van der Waals surface area contributed by atoms with Crippen molar-refractivity contribution in [3.8, 4) is 5.75 Å². The van der Waals surface area contributed by atoms with Gasteiger partial charge in [-0.15, -0.1) is 0 Å². The van der Waals surface area contributed by atoms with Crippen molar-refractivity contribution in [2.24, 2.45) is 0 Å². The van der Waals surface area contributed by atoms with Gasteiger partial charge in [-0.2, -0.15) is 0 Å². The van der Waals surface area contributed by atoms with Crippen molar-refractivity contribution < 1.29 is 18.3 Å². The summed E-state index contributed by atoms with van der Waals surface area (Å²) in [7, 11) is 0. The van der Waals surface area contributed by atoms with E-state index in [0.717, 1.165) is 28.9 Å². The minimum Gasteiger partial charge on any atom is -0.487 e. The number of pyridine rings is 1.